The molecule has 0 aromatic carbocycles. The number of rotatable bonds is 6. The van der Waals surface area contributed by atoms with Crippen LogP contribution >= 0.6 is 29.9 Å². The van der Waals surface area contributed by atoms with E-state index in [2.05, 4.69) is 0 Å². The van der Waals surface area contributed by atoms with Crippen molar-refractivity contribution in [2.75, 3.05) is 13.2 Å². The zero-order valence-electron chi connectivity index (χ0n) is 7.33. The van der Waals surface area contributed by atoms with Gasteiger partial charge in [0.15, 0.2) is 0 Å². The first-order chi connectivity index (χ1) is 6.04. The fraction of sp³-hybridized carbons (Fsp3) is 0.667. The molecule has 0 rings (SSSR count). The minimum Gasteiger partial charge on any atom is -0.430 e. The Kier molecular flexibility index (Phi) is 7.42. The molecule has 0 saturated heterocycles. The van der Waals surface area contributed by atoms with Gasteiger partial charge in [-0.15, -0.1) is 0 Å². The molecule has 78 valence electrons. The van der Waals surface area contributed by atoms with Crippen LogP contribution in [0.25, 0.3) is 0 Å². The third kappa shape index (κ3) is 6.72. The first-order valence-corrected chi connectivity index (χ1v) is 6.94. The van der Waals surface area contributed by atoms with Crippen molar-refractivity contribution in [1.82, 2.24) is 0 Å². The van der Waals surface area contributed by atoms with E-state index in [9.17, 15) is 0 Å². The average molecular weight is 265 g/mol. The molecule has 3 nitrogen and oxygen atoms in total. The van der Waals surface area contributed by atoms with Crippen LogP contribution in [0, 0.1) is 0 Å². The van der Waals surface area contributed by atoms with Gasteiger partial charge in [-0.3, -0.25) is 9.05 Å². The number of hydrogen-bond donors (Lipinski definition) is 0. The maximum absolute atomic E-state index is 5.35. The van der Waals surface area contributed by atoms with Gasteiger partial charge in [0, 0.05) is 11.8 Å². The Hall–Kier alpha value is 0.690. The van der Waals surface area contributed by atoms with Crippen molar-refractivity contribution < 1.29 is 13.6 Å². The summed E-state index contributed by atoms with van der Waals surface area (Å²) in [7, 11) is 0. The molecule has 13 heavy (non-hydrogen) atoms. The summed E-state index contributed by atoms with van der Waals surface area (Å²) in [6.07, 6.45) is 1.12. The molecule has 0 unspecified atom stereocenters. The van der Waals surface area contributed by atoms with E-state index in [1.165, 1.54) is 0 Å². The van der Waals surface area contributed by atoms with E-state index in [1.54, 1.807) is 13.8 Å². The zero-order valence-corrected chi connectivity index (χ0v) is 10.6. The second-order valence-electron chi connectivity index (χ2n) is 1.80. The highest BCUT2D eigenvalue weighted by molar-refractivity contribution is 8.07. The molecule has 0 saturated carbocycles. The molecule has 0 fully saturated rings. The lowest BCUT2D eigenvalue weighted by atomic mass is 10.9. The Labute approximate surface area is 93.2 Å². The lowest BCUT2D eigenvalue weighted by Gasteiger charge is -2.18. The standard InChI is InChI=1S/C6H11Cl2O3PS/c1-3-9-12(13,10-4-2)11-5-6(7)8/h5H,3-4H2,1-2H3. The summed E-state index contributed by atoms with van der Waals surface area (Å²) in [6, 6.07) is 0. The van der Waals surface area contributed by atoms with Gasteiger partial charge >= 0.3 is 6.72 Å². The van der Waals surface area contributed by atoms with E-state index in [0.717, 1.165) is 6.26 Å². The minimum atomic E-state index is -2.69. The predicted octanol–water partition coefficient (Wildman–Crippen LogP) is 3.58. The second-order valence-corrected chi connectivity index (χ2v) is 5.77. The molecule has 0 radical (unpaired) electrons. The number of halogens is 2. The summed E-state index contributed by atoms with van der Waals surface area (Å²) in [5, 5.41) is 0. The Balaban J connectivity index is 4.24. The lowest BCUT2D eigenvalue weighted by molar-refractivity contribution is 0.204. The fourth-order valence-electron chi connectivity index (χ4n) is 0.519. The van der Waals surface area contributed by atoms with Crippen molar-refractivity contribution in [3.05, 3.63) is 10.8 Å². The highest BCUT2D eigenvalue weighted by Crippen LogP contribution is 2.50. The van der Waals surface area contributed by atoms with Crippen LogP contribution in [-0.4, -0.2) is 13.2 Å². The Morgan fingerprint density at radius 3 is 2.08 bits per heavy atom. The first-order valence-electron chi connectivity index (χ1n) is 3.62. The Morgan fingerprint density at radius 1 is 1.31 bits per heavy atom. The van der Waals surface area contributed by atoms with E-state index in [4.69, 9.17) is 48.6 Å². The van der Waals surface area contributed by atoms with Crippen LogP contribution in [-0.2, 0) is 25.4 Å². The molecule has 0 atom stereocenters. The lowest BCUT2D eigenvalue weighted by Crippen LogP contribution is -1.96. The van der Waals surface area contributed by atoms with Gasteiger partial charge in [-0.05, 0) is 13.8 Å². The topological polar surface area (TPSA) is 27.7 Å². The van der Waals surface area contributed by atoms with Crippen molar-refractivity contribution in [2.24, 2.45) is 0 Å². The van der Waals surface area contributed by atoms with Crippen LogP contribution in [0.2, 0.25) is 0 Å². The fourth-order valence-corrected chi connectivity index (χ4v) is 2.56. The van der Waals surface area contributed by atoms with Gasteiger partial charge in [0.25, 0.3) is 0 Å². The summed E-state index contributed by atoms with van der Waals surface area (Å²) in [4.78, 5) is 0. The van der Waals surface area contributed by atoms with Crippen LogP contribution in [0.1, 0.15) is 13.8 Å². The molecule has 0 heterocycles. The summed E-state index contributed by atoms with van der Waals surface area (Å²) >= 11 is 15.7. The van der Waals surface area contributed by atoms with E-state index < -0.39 is 6.72 Å². The maximum atomic E-state index is 5.35. The molecular weight excluding hydrogens is 254 g/mol. The third-order valence-electron chi connectivity index (χ3n) is 0.845. The summed E-state index contributed by atoms with van der Waals surface area (Å²) < 4.78 is 15.3. The Morgan fingerprint density at radius 2 is 1.77 bits per heavy atom. The molecule has 0 amide bonds. The van der Waals surface area contributed by atoms with E-state index >= 15 is 0 Å². The molecule has 0 aliphatic rings. The quantitative estimate of drug-likeness (QED) is 0.542. The molecule has 0 aromatic heterocycles. The summed E-state index contributed by atoms with van der Waals surface area (Å²) in [5.41, 5.74) is 0. The molecule has 0 N–H and O–H groups in total. The molecule has 0 bridgehead atoms. The average Bonchev–Trinajstić information content (AvgIpc) is 2.02. The minimum absolute atomic E-state index is 0.0198. The van der Waals surface area contributed by atoms with Gasteiger partial charge in [-0.25, -0.2) is 0 Å². The maximum Gasteiger partial charge on any atom is 0.380 e. The molecule has 0 aliphatic carbocycles. The van der Waals surface area contributed by atoms with E-state index in [1.807, 2.05) is 0 Å². The van der Waals surface area contributed by atoms with Crippen molar-refractivity contribution in [1.29, 1.82) is 0 Å². The molecule has 0 aromatic rings. The van der Waals surface area contributed by atoms with Crippen molar-refractivity contribution >= 4 is 41.7 Å². The second kappa shape index (κ2) is 7.04. The highest BCUT2D eigenvalue weighted by atomic mass is 35.5. The van der Waals surface area contributed by atoms with Crippen LogP contribution < -0.4 is 0 Å². The SMILES string of the molecule is CCOP(=S)(OC=C(Cl)Cl)OCC. The van der Waals surface area contributed by atoms with Gasteiger partial charge in [0.05, 0.1) is 13.2 Å². The summed E-state index contributed by atoms with van der Waals surface area (Å²) in [6.45, 7) is 1.76. The van der Waals surface area contributed by atoms with Gasteiger partial charge in [0.1, 0.15) is 10.8 Å². The van der Waals surface area contributed by atoms with Crippen LogP contribution in [0.5, 0.6) is 0 Å². The van der Waals surface area contributed by atoms with Gasteiger partial charge in [-0.2, -0.15) is 0 Å². The summed E-state index contributed by atoms with van der Waals surface area (Å²) in [5.74, 6) is 0. The molecule has 7 heteroatoms. The normalized spacial score (nSPS) is 11.1. The molecule has 0 spiro atoms. The van der Waals surface area contributed by atoms with Gasteiger partial charge in [-0.1, -0.05) is 23.2 Å². The van der Waals surface area contributed by atoms with Crippen molar-refractivity contribution in [3.63, 3.8) is 0 Å². The third-order valence-corrected chi connectivity index (χ3v) is 3.43. The smallest absolute Gasteiger partial charge is 0.380 e. The van der Waals surface area contributed by atoms with Crippen LogP contribution in [0.3, 0.4) is 0 Å². The molecular formula is C6H11Cl2O3PS. The van der Waals surface area contributed by atoms with Crippen LogP contribution in [0.4, 0.5) is 0 Å². The van der Waals surface area contributed by atoms with Crippen molar-refractivity contribution in [3.8, 4) is 0 Å². The van der Waals surface area contributed by atoms with Gasteiger partial charge in [0.2, 0.25) is 0 Å². The highest BCUT2D eigenvalue weighted by Gasteiger charge is 2.18. The zero-order chi connectivity index (χ0) is 10.3. The monoisotopic (exact) mass is 264 g/mol. The van der Waals surface area contributed by atoms with Gasteiger partial charge < -0.3 is 4.52 Å². The van der Waals surface area contributed by atoms with E-state index in [-0.39, 0.29) is 4.49 Å². The molecule has 0 aliphatic heterocycles. The van der Waals surface area contributed by atoms with Crippen molar-refractivity contribution in [2.45, 2.75) is 13.8 Å². The van der Waals surface area contributed by atoms with E-state index in [0.29, 0.717) is 13.2 Å². The number of hydrogen-bond acceptors (Lipinski definition) is 4. The van der Waals surface area contributed by atoms with Crippen LogP contribution in [0.15, 0.2) is 10.8 Å². The predicted molar refractivity (Wildman–Crippen MR) is 58.4 cm³/mol. The first kappa shape index (κ1) is 13.7. The Bertz CT molecular complexity index is 208. The largest absolute Gasteiger partial charge is 0.430 e.